The van der Waals surface area contributed by atoms with E-state index in [0.717, 1.165) is 4.90 Å². The molecule has 4 rings (SSSR count). The fourth-order valence-electron chi connectivity index (χ4n) is 3.40. The summed E-state index contributed by atoms with van der Waals surface area (Å²) in [4.78, 5) is 38.7. The van der Waals surface area contributed by atoms with Crippen molar-refractivity contribution in [2.45, 2.75) is 4.90 Å². The number of thioether (sulfide) groups is 1. The van der Waals surface area contributed by atoms with E-state index in [2.05, 4.69) is 16.0 Å². The van der Waals surface area contributed by atoms with Crippen LogP contribution < -0.4 is 16.0 Å². The molecule has 196 valence electrons. The first-order chi connectivity index (χ1) is 18.9. The number of nitrogens with one attached hydrogen (secondary N) is 3. The van der Waals surface area contributed by atoms with Crippen molar-refractivity contribution in [2.24, 2.45) is 0 Å². The van der Waals surface area contributed by atoms with Crippen LogP contribution in [0, 0.1) is 11.6 Å². The maximum absolute atomic E-state index is 13.7. The van der Waals surface area contributed by atoms with Gasteiger partial charge in [-0.05, 0) is 72.3 Å². The second-order valence-corrected chi connectivity index (χ2v) is 9.27. The topological polar surface area (TPSA) is 87.3 Å². The van der Waals surface area contributed by atoms with E-state index in [-0.39, 0.29) is 23.0 Å². The van der Waals surface area contributed by atoms with E-state index >= 15 is 0 Å². The Hall–Kier alpha value is -4.76. The predicted molar refractivity (Wildman–Crippen MR) is 149 cm³/mol. The first-order valence-electron chi connectivity index (χ1n) is 11.8. The number of rotatable bonds is 9. The highest BCUT2D eigenvalue weighted by molar-refractivity contribution is 8.00. The average Bonchev–Trinajstić information content (AvgIpc) is 2.95. The van der Waals surface area contributed by atoms with Crippen molar-refractivity contribution >= 4 is 46.9 Å². The Morgan fingerprint density at radius 1 is 0.744 bits per heavy atom. The number of amides is 3. The average molecular weight is 544 g/mol. The summed E-state index contributed by atoms with van der Waals surface area (Å²) >= 11 is 1.25. The smallest absolute Gasteiger partial charge is 0.272 e. The monoisotopic (exact) mass is 543 g/mol. The minimum Gasteiger partial charge on any atom is -0.323 e. The summed E-state index contributed by atoms with van der Waals surface area (Å²) in [5, 5.41) is 7.89. The van der Waals surface area contributed by atoms with E-state index in [1.165, 1.54) is 54.2 Å². The number of halogens is 2. The Morgan fingerprint density at radius 2 is 1.41 bits per heavy atom. The first kappa shape index (κ1) is 27.3. The molecule has 0 spiro atoms. The van der Waals surface area contributed by atoms with Gasteiger partial charge in [-0.15, -0.1) is 11.8 Å². The van der Waals surface area contributed by atoms with E-state index in [9.17, 15) is 23.2 Å². The van der Waals surface area contributed by atoms with Crippen LogP contribution in [0.1, 0.15) is 15.9 Å². The van der Waals surface area contributed by atoms with Gasteiger partial charge in [-0.3, -0.25) is 14.4 Å². The second kappa shape index (κ2) is 13.2. The molecule has 0 atom stereocenters. The van der Waals surface area contributed by atoms with Gasteiger partial charge in [0.15, 0.2) is 0 Å². The van der Waals surface area contributed by atoms with Crippen molar-refractivity contribution in [2.75, 3.05) is 16.4 Å². The molecule has 0 aromatic heterocycles. The Morgan fingerprint density at radius 3 is 2.10 bits per heavy atom. The van der Waals surface area contributed by atoms with Crippen LogP contribution in [0.2, 0.25) is 0 Å². The number of hydrogen-bond donors (Lipinski definition) is 3. The number of benzene rings is 4. The minimum atomic E-state index is -0.576. The van der Waals surface area contributed by atoms with Gasteiger partial charge in [0.25, 0.3) is 11.8 Å². The van der Waals surface area contributed by atoms with Crippen LogP contribution in [0.4, 0.5) is 20.2 Å². The Kier molecular flexibility index (Phi) is 9.20. The van der Waals surface area contributed by atoms with Crippen LogP contribution in [0.25, 0.3) is 6.08 Å². The van der Waals surface area contributed by atoms with Crippen molar-refractivity contribution < 1.29 is 23.2 Å². The zero-order chi connectivity index (χ0) is 27.6. The lowest BCUT2D eigenvalue weighted by molar-refractivity contribution is -0.114. The molecule has 6 nitrogen and oxygen atoms in total. The van der Waals surface area contributed by atoms with Gasteiger partial charge in [0, 0.05) is 16.1 Å². The fraction of sp³-hybridized carbons (Fsp3) is 0.0333. The van der Waals surface area contributed by atoms with E-state index in [0.29, 0.717) is 16.8 Å². The van der Waals surface area contributed by atoms with Gasteiger partial charge >= 0.3 is 0 Å². The van der Waals surface area contributed by atoms with E-state index in [4.69, 9.17) is 0 Å². The molecule has 39 heavy (non-hydrogen) atoms. The third-order valence-electron chi connectivity index (χ3n) is 5.34. The number of carbonyl (C=O) groups excluding carboxylic acids is 3. The van der Waals surface area contributed by atoms with Gasteiger partial charge in [0.1, 0.15) is 17.3 Å². The maximum atomic E-state index is 13.7. The van der Waals surface area contributed by atoms with Gasteiger partial charge in [-0.25, -0.2) is 8.78 Å². The molecule has 0 radical (unpaired) electrons. The highest BCUT2D eigenvalue weighted by Crippen LogP contribution is 2.22. The molecular formula is C30H23F2N3O3S. The molecule has 0 fully saturated rings. The van der Waals surface area contributed by atoms with Crippen molar-refractivity contribution in [1.82, 2.24) is 5.32 Å². The largest absolute Gasteiger partial charge is 0.323 e. The van der Waals surface area contributed by atoms with Crippen LogP contribution >= 0.6 is 11.8 Å². The summed E-state index contributed by atoms with van der Waals surface area (Å²) in [5.74, 6) is -2.27. The highest BCUT2D eigenvalue weighted by atomic mass is 32.2. The summed E-state index contributed by atoms with van der Waals surface area (Å²) in [6.45, 7) is 0. The zero-order valence-corrected chi connectivity index (χ0v) is 21.3. The minimum absolute atomic E-state index is 0.0290. The lowest BCUT2D eigenvalue weighted by Crippen LogP contribution is -2.30. The summed E-state index contributed by atoms with van der Waals surface area (Å²) in [7, 11) is 0. The van der Waals surface area contributed by atoms with Crippen LogP contribution in [-0.2, 0) is 9.59 Å². The quantitative estimate of drug-likeness (QED) is 0.176. The molecule has 0 unspecified atom stereocenters. The van der Waals surface area contributed by atoms with Crippen molar-refractivity contribution in [3.05, 3.63) is 132 Å². The lowest BCUT2D eigenvalue weighted by Gasteiger charge is -2.12. The lowest BCUT2D eigenvalue weighted by atomic mass is 10.1. The SMILES string of the molecule is O=C(CSc1ccc(NC(=O)/C(=C/c2ccc(F)cc2)NC(=O)c2ccccc2)cc1)Nc1ccccc1F. The molecule has 3 N–H and O–H groups in total. The van der Waals surface area contributed by atoms with Gasteiger partial charge in [0.05, 0.1) is 11.4 Å². The molecule has 3 amide bonds. The van der Waals surface area contributed by atoms with Crippen LogP contribution in [-0.4, -0.2) is 23.5 Å². The summed E-state index contributed by atoms with van der Waals surface area (Å²) in [6.07, 6.45) is 1.45. The molecule has 9 heteroatoms. The van der Waals surface area contributed by atoms with Crippen molar-refractivity contribution in [3.8, 4) is 0 Å². The molecule has 0 aliphatic heterocycles. The second-order valence-electron chi connectivity index (χ2n) is 8.22. The molecule has 0 aliphatic rings. The van der Waals surface area contributed by atoms with Gasteiger partial charge in [-0.2, -0.15) is 0 Å². The van der Waals surface area contributed by atoms with E-state index in [1.54, 1.807) is 66.7 Å². The normalized spacial score (nSPS) is 11.0. The van der Waals surface area contributed by atoms with Gasteiger partial charge < -0.3 is 16.0 Å². The first-order valence-corrected chi connectivity index (χ1v) is 12.8. The number of anilines is 2. The summed E-state index contributed by atoms with van der Waals surface area (Å²) in [6, 6.07) is 26.6. The van der Waals surface area contributed by atoms with Gasteiger partial charge in [-0.1, -0.05) is 42.5 Å². The zero-order valence-electron chi connectivity index (χ0n) is 20.5. The van der Waals surface area contributed by atoms with Crippen molar-refractivity contribution in [3.63, 3.8) is 0 Å². The molecule has 0 saturated carbocycles. The molecular weight excluding hydrogens is 520 g/mol. The Balaban J connectivity index is 1.40. The number of para-hydroxylation sites is 1. The summed E-state index contributed by atoms with van der Waals surface area (Å²) in [5.41, 5.74) is 1.44. The predicted octanol–water partition coefficient (Wildman–Crippen LogP) is 6.11. The van der Waals surface area contributed by atoms with E-state index in [1.807, 2.05) is 0 Å². The Bertz CT molecular complexity index is 1490. The number of carbonyl (C=O) groups is 3. The molecule has 0 bridgehead atoms. The third kappa shape index (κ3) is 8.11. The van der Waals surface area contributed by atoms with Crippen LogP contribution in [0.5, 0.6) is 0 Å². The van der Waals surface area contributed by atoms with Gasteiger partial charge in [0.2, 0.25) is 5.91 Å². The molecule has 0 heterocycles. The summed E-state index contributed by atoms with van der Waals surface area (Å²) < 4.78 is 27.1. The van der Waals surface area contributed by atoms with E-state index < -0.39 is 23.4 Å². The maximum Gasteiger partial charge on any atom is 0.272 e. The highest BCUT2D eigenvalue weighted by Gasteiger charge is 2.15. The molecule has 4 aromatic rings. The molecule has 4 aromatic carbocycles. The van der Waals surface area contributed by atoms with Crippen molar-refractivity contribution in [1.29, 1.82) is 0 Å². The fourth-order valence-corrected chi connectivity index (χ4v) is 4.10. The standard InChI is InChI=1S/C30H23F2N3O3S/c31-22-12-10-20(11-13-22)18-27(35-29(37)21-6-2-1-3-7-21)30(38)33-23-14-16-24(17-15-23)39-19-28(36)34-26-9-5-4-8-25(26)32/h1-18H,19H2,(H,33,38)(H,34,36)(H,35,37)/b27-18-. The molecule has 0 saturated heterocycles. The third-order valence-corrected chi connectivity index (χ3v) is 6.35. The van der Waals surface area contributed by atoms with Crippen LogP contribution in [0.15, 0.2) is 114 Å². The number of hydrogen-bond acceptors (Lipinski definition) is 4. The van der Waals surface area contributed by atoms with Crippen LogP contribution in [0.3, 0.4) is 0 Å². The molecule has 0 aliphatic carbocycles. The Labute approximate surface area is 228 Å².